The number of amides is 2. The van der Waals surface area contributed by atoms with Crippen molar-refractivity contribution in [2.45, 2.75) is 38.1 Å². The summed E-state index contributed by atoms with van der Waals surface area (Å²) in [4.78, 5) is 31.3. The second-order valence-corrected chi connectivity index (χ2v) is 8.37. The maximum atomic E-state index is 13.0. The van der Waals surface area contributed by atoms with E-state index in [1.807, 2.05) is 0 Å². The molecule has 3 aliphatic rings. The van der Waals surface area contributed by atoms with Crippen LogP contribution in [0.4, 0.5) is 17.3 Å². The van der Waals surface area contributed by atoms with Crippen LogP contribution in [0.2, 0.25) is 0 Å². The lowest BCUT2D eigenvalue weighted by molar-refractivity contribution is -0.123. The van der Waals surface area contributed by atoms with Crippen LogP contribution >= 0.6 is 0 Å². The van der Waals surface area contributed by atoms with Crippen molar-refractivity contribution in [2.75, 3.05) is 16.8 Å². The van der Waals surface area contributed by atoms with Gasteiger partial charge in [0.2, 0.25) is 5.91 Å². The molecule has 0 unspecified atom stereocenters. The summed E-state index contributed by atoms with van der Waals surface area (Å²) >= 11 is 0. The number of nitrogens with zero attached hydrogens (tertiary/aromatic N) is 5. The van der Waals surface area contributed by atoms with Crippen molar-refractivity contribution < 1.29 is 9.59 Å². The number of hydrogen-bond acceptors (Lipinski definition) is 6. The van der Waals surface area contributed by atoms with Crippen LogP contribution in [0.25, 0.3) is 0 Å². The average molecular weight is 405 g/mol. The molecule has 2 aromatic heterocycles. The Morgan fingerprint density at radius 2 is 2.07 bits per heavy atom. The van der Waals surface area contributed by atoms with Gasteiger partial charge in [-0.2, -0.15) is 10.4 Å². The molecule has 2 aromatic rings. The van der Waals surface area contributed by atoms with Crippen molar-refractivity contribution in [3.63, 3.8) is 0 Å². The van der Waals surface area contributed by atoms with Crippen LogP contribution in [0, 0.1) is 22.7 Å². The zero-order valence-electron chi connectivity index (χ0n) is 16.8. The van der Waals surface area contributed by atoms with E-state index < -0.39 is 5.41 Å². The van der Waals surface area contributed by atoms with Crippen LogP contribution < -0.4 is 15.5 Å². The molecule has 1 atom stereocenters. The number of pyridine rings is 1. The first-order valence-corrected chi connectivity index (χ1v) is 10.3. The number of nitriles is 1. The highest BCUT2D eigenvalue weighted by Gasteiger charge is 2.56. The van der Waals surface area contributed by atoms with Crippen LogP contribution in [0.5, 0.6) is 0 Å². The van der Waals surface area contributed by atoms with Crippen molar-refractivity contribution in [1.29, 1.82) is 5.26 Å². The zero-order valence-corrected chi connectivity index (χ0v) is 16.8. The summed E-state index contributed by atoms with van der Waals surface area (Å²) in [6.07, 6.45) is 6.14. The molecule has 0 bridgehead atoms. The Bertz CT molecular complexity index is 1060. The van der Waals surface area contributed by atoms with Gasteiger partial charge in [-0.15, -0.1) is 0 Å². The van der Waals surface area contributed by atoms with Gasteiger partial charge in [-0.1, -0.05) is 0 Å². The zero-order chi connectivity index (χ0) is 20.9. The Morgan fingerprint density at radius 3 is 2.77 bits per heavy atom. The molecule has 2 amide bonds. The summed E-state index contributed by atoms with van der Waals surface area (Å²) in [7, 11) is 1.72. The van der Waals surface area contributed by atoms with Crippen LogP contribution in [-0.4, -0.2) is 39.2 Å². The molecule has 3 fully saturated rings. The van der Waals surface area contributed by atoms with Crippen molar-refractivity contribution >= 4 is 29.1 Å². The van der Waals surface area contributed by atoms with Gasteiger partial charge in [0.25, 0.3) is 5.91 Å². The number of rotatable bonds is 6. The fraction of sp³-hybridized carbons (Fsp3) is 0.476. The minimum absolute atomic E-state index is 0.110. The van der Waals surface area contributed by atoms with Crippen LogP contribution in [0.15, 0.2) is 24.4 Å². The Labute approximate surface area is 174 Å². The van der Waals surface area contributed by atoms with Gasteiger partial charge < -0.3 is 15.5 Å². The number of nitrogens with one attached hydrogen (secondary N) is 2. The first kappa shape index (κ1) is 18.6. The Hall–Kier alpha value is -3.41. The lowest BCUT2D eigenvalue weighted by Gasteiger charge is -2.21. The molecule has 2 aliphatic carbocycles. The largest absolute Gasteiger partial charge is 0.348 e. The Morgan fingerprint density at radius 1 is 1.27 bits per heavy atom. The summed E-state index contributed by atoms with van der Waals surface area (Å²) in [6, 6.07) is 7.81. The number of anilines is 3. The normalized spacial score (nSPS) is 23.3. The maximum Gasteiger partial charge on any atom is 0.269 e. The van der Waals surface area contributed by atoms with Gasteiger partial charge in [-0.05, 0) is 44.1 Å². The highest BCUT2D eigenvalue weighted by molar-refractivity contribution is 6.02. The molecule has 0 aromatic carbocycles. The summed E-state index contributed by atoms with van der Waals surface area (Å²) in [6.45, 7) is 0.529. The van der Waals surface area contributed by atoms with Gasteiger partial charge in [0, 0.05) is 43.7 Å². The van der Waals surface area contributed by atoms with E-state index in [0.29, 0.717) is 36.0 Å². The van der Waals surface area contributed by atoms with Gasteiger partial charge in [-0.3, -0.25) is 14.3 Å². The fourth-order valence-corrected chi connectivity index (χ4v) is 4.15. The molecule has 0 spiro atoms. The Kier molecular flexibility index (Phi) is 4.24. The highest BCUT2D eigenvalue weighted by atomic mass is 16.2. The number of aromatic nitrogens is 3. The summed E-state index contributed by atoms with van der Waals surface area (Å²) in [5, 5.41) is 20.1. The van der Waals surface area contributed by atoms with Gasteiger partial charge in [0.1, 0.15) is 16.9 Å². The average Bonchev–Trinajstić information content (AvgIpc) is 3.66. The van der Waals surface area contributed by atoms with Crippen LogP contribution in [0.3, 0.4) is 0 Å². The molecule has 0 radical (unpaired) electrons. The monoisotopic (exact) mass is 405 g/mol. The molecular formula is C21H23N7O2. The highest BCUT2D eigenvalue weighted by Crippen LogP contribution is 2.51. The minimum atomic E-state index is -0.873. The van der Waals surface area contributed by atoms with Crippen molar-refractivity contribution in [3.8, 4) is 6.07 Å². The van der Waals surface area contributed by atoms with Crippen molar-refractivity contribution in [2.24, 2.45) is 18.4 Å². The van der Waals surface area contributed by atoms with E-state index in [9.17, 15) is 14.9 Å². The topological polar surface area (TPSA) is 116 Å². The third-order valence-corrected chi connectivity index (χ3v) is 6.17. The van der Waals surface area contributed by atoms with Crippen molar-refractivity contribution in [1.82, 2.24) is 20.1 Å². The van der Waals surface area contributed by atoms with Gasteiger partial charge in [0.15, 0.2) is 5.82 Å². The lowest BCUT2D eigenvalue weighted by Crippen LogP contribution is -2.35. The molecule has 30 heavy (non-hydrogen) atoms. The molecule has 1 saturated heterocycles. The van der Waals surface area contributed by atoms with Crippen molar-refractivity contribution in [3.05, 3.63) is 30.1 Å². The van der Waals surface area contributed by atoms with E-state index in [4.69, 9.17) is 0 Å². The first-order valence-electron chi connectivity index (χ1n) is 10.3. The van der Waals surface area contributed by atoms with E-state index >= 15 is 0 Å². The molecule has 9 heteroatoms. The second-order valence-electron chi connectivity index (χ2n) is 8.37. The van der Waals surface area contributed by atoms with E-state index in [1.165, 1.54) is 4.68 Å². The van der Waals surface area contributed by atoms with E-state index in [0.717, 1.165) is 25.7 Å². The quantitative estimate of drug-likeness (QED) is 0.760. The molecular weight excluding hydrogens is 382 g/mol. The minimum Gasteiger partial charge on any atom is -0.348 e. The molecule has 1 aliphatic heterocycles. The third-order valence-electron chi connectivity index (χ3n) is 6.17. The fourth-order valence-electron chi connectivity index (χ4n) is 4.15. The van der Waals surface area contributed by atoms with Crippen LogP contribution in [-0.2, 0) is 11.8 Å². The second kappa shape index (κ2) is 6.83. The van der Waals surface area contributed by atoms with E-state index in [-0.39, 0.29) is 23.8 Å². The third kappa shape index (κ3) is 3.18. The summed E-state index contributed by atoms with van der Waals surface area (Å²) in [5.41, 5.74) is 0.304. The first-order chi connectivity index (χ1) is 14.5. The molecule has 9 nitrogen and oxygen atoms in total. The number of carbonyl (C=O) groups is 2. The van der Waals surface area contributed by atoms with E-state index in [2.05, 4.69) is 26.8 Å². The molecule has 2 saturated carbocycles. The lowest BCUT2D eigenvalue weighted by atomic mass is 9.83. The van der Waals surface area contributed by atoms with Crippen LogP contribution in [0.1, 0.15) is 42.6 Å². The smallest absolute Gasteiger partial charge is 0.269 e. The van der Waals surface area contributed by atoms with Gasteiger partial charge >= 0.3 is 0 Å². The summed E-state index contributed by atoms with van der Waals surface area (Å²) in [5.74, 6) is 0.959. The standard InChI is InChI=1S/C21H23N7O2/c1-27-16(19(29)24-14-4-5-14)11-18(26-27)25-17-10-15(6-8-23-17)28-9-7-21(12-22,20(28)30)13-2-3-13/h6,8,10-11,13-14H,2-5,7,9H2,1H3,(H,24,29)(H,23,25,26)/t21-/m1/s1. The van der Waals surface area contributed by atoms with E-state index in [1.54, 1.807) is 36.3 Å². The maximum absolute atomic E-state index is 13.0. The molecule has 2 N–H and O–H groups in total. The van der Waals surface area contributed by atoms with Gasteiger partial charge in [0.05, 0.1) is 6.07 Å². The number of aryl methyl sites for hydroxylation is 1. The predicted molar refractivity (Wildman–Crippen MR) is 109 cm³/mol. The molecule has 154 valence electrons. The van der Waals surface area contributed by atoms with Gasteiger partial charge in [-0.25, -0.2) is 4.98 Å². The summed E-state index contributed by atoms with van der Waals surface area (Å²) < 4.78 is 1.53. The number of hydrogen-bond donors (Lipinski definition) is 2. The molecule has 5 rings (SSSR count). The number of carbonyl (C=O) groups excluding carboxylic acids is 2. The predicted octanol–water partition coefficient (Wildman–Crippen LogP) is 2.11. The molecule has 3 heterocycles. The Balaban J connectivity index is 1.33. The SMILES string of the molecule is Cn1nc(Nc2cc(N3CC[C@@](C#N)(C4CC4)C3=O)ccn2)cc1C(=O)NC1CC1.